The Bertz CT molecular complexity index is 2150. The van der Waals surface area contributed by atoms with Crippen molar-refractivity contribution in [2.75, 3.05) is 4.90 Å². The van der Waals surface area contributed by atoms with Gasteiger partial charge in [-0.05, 0) is 109 Å². The van der Waals surface area contributed by atoms with Crippen molar-refractivity contribution in [1.29, 1.82) is 0 Å². The van der Waals surface area contributed by atoms with Crippen LogP contribution < -0.4 is 4.90 Å². The van der Waals surface area contributed by atoms with Gasteiger partial charge in [0, 0.05) is 27.6 Å². The Balaban J connectivity index is 1.33. The SMILES string of the molecule is CC(C)(C)C1=CCC(N(C2=CCC(C(C)(C)C)C=C2)c2cc3c(c4ccccc24)-c2cc4c(cc2C3(C)C)-c2ccccc2C4(C)C)C=C1. The van der Waals surface area contributed by atoms with Crippen molar-refractivity contribution in [2.45, 2.75) is 99.0 Å². The Morgan fingerprint density at radius 3 is 1.92 bits per heavy atom. The number of fused-ring (bicyclic) bond motifs is 8. The summed E-state index contributed by atoms with van der Waals surface area (Å²) in [6.45, 7) is 23.8. The van der Waals surface area contributed by atoms with Crippen molar-refractivity contribution in [3.8, 4) is 22.3 Å². The van der Waals surface area contributed by atoms with Gasteiger partial charge in [0.1, 0.15) is 0 Å². The second-order valence-corrected chi connectivity index (χ2v) is 18.2. The van der Waals surface area contributed by atoms with Crippen molar-refractivity contribution in [1.82, 2.24) is 0 Å². The maximum absolute atomic E-state index is 2.67. The molecule has 4 aromatic carbocycles. The van der Waals surface area contributed by atoms with Gasteiger partial charge in [-0.1, -0.05) is 148 Å². The van der Waals surface area contributed by atoms with Gasteiger partial charge in [0.15, 0.2) is 0 Å². The average Bonchev–Trinajstić information content (AvgIpc) is 3.43. The highest BCUT2D eigenvalue weighted by Gasteiger charge is 2.43. The lowest BCUT2D eigenvalue weighted by atomic mass is 9.76. The largest absolute Gasteiger partial charge is 0.334 e. The number of benzene rings is 4. The van der Waals surface area contributed by atoms with E-state index in [2.05, 4.69) is 177 Å². The van der Waals surface area contributed by atoms with Crippen LogP contribution in [0.4, 0.5) is 5.69 Å². The van der Waals surface area contributed by atoms with Crippen LogP contribution in [0.1, 0.15) is 104 Å². The fourth-order valence-electron chi connectivity index (χ4n) is 9.25. The molecule has 0 aliphatic heterocycles. The van der Waals surface area contributed by atoms with E-state index in [0.717, 1.165) is 12.8 Å². The molecule has 1 heteroatoms. The van der Waals surface area contributed by atoms with Gasteiger partial charge in [-0.15, -0.1) is 0 Å². The number of hydrogen-bond acceptors (Lipinski definition) is 1. The van der Waals surface area contributed by atoms with Crippen LogP contribution in [-0.2, 0) is 10.8 Å². The van der Waals surface area contributed by atoms with Gasteiger partial charge in [-0.2, -0.15) is 0 Å². The summed E-state index contributed by atoms with van der Waals surface area (Å²) in [5.74, 6) is 0.536. The minimum atomic E-state index is -0.137. The summed E-state index contributed by atoms with van der Waals surface area (Å²) in [4.78, 5) is 2.67. The Hall–Kier alpha value is -4.10. The highest BCUT2D eigenvalue weighted by Crippen LogP contribution is 2.58. The lowest BCUT2D eigenvalue weighted by molar-refractivity contribution is 0.293. The predicted octanol–water partition coefficient (Wildman–Crippen LogP) is 13.1. The topological polar surface area (TPSA) is 3.24 Å². The van der Waals surface area contributed by atoms with Gasteiger partial charge in [-0.3, -0.25) is 0 Å². The molecular weight excluding hydrogens is 591 g/mol. The van der Waals surface area contributed by atoms with E-state index in [0.29, 0.717) is 5.92 Å². The fourth-order valence-corrected chi connectivity index (χ4v) is 9.25. The number of hydrogen-bond donors (Lipinski definition) is 0. The van der Waals surface area contributed by atoms with E-state index in [1.807, 2.05) is 0 Å². The number of allylic oxidation sites excluding steroid dienone is 5. The Morgan fingerprint density at radius 1 is 0.612 bits per heavy atom. The molecule has 0 saturated heterocycles. The van der Waals surface area contributed by atoms with E-state index in [1.165, 1.54) is 72.2 Å². The molecule has 4 aliphatic carbocycles. The molecule has 2 atom stereocenters. The smallest absolute Gasteiger partial charge is 0.0560 e. The van der Waals surface area contributed by atoms with Crippen LogP contribution in [0, 0.1) is 16.7 Å². The third-order valence-electron chi connectivity index (χ3n) is 12.4. The van der Waals surface area contributed by atoms with Crippen LogP contribution in [0.25, 0.3) is 33.0 Å². The molecule has 0 N–H and O–H groups in total. The monoisotopic (exact) mass is 643 g/mol. The number of anilines is 1. The summed E-state index contributed by atoms with van der Waals surface area (Å²) in [5, 5.41) is 2.69. The van der Waals surface area contributed by atoms with Crippen LogP contribution in [0.15, 0.2) is 114 Å². The van der Waals surface area contributed by atoms with Crippen molar-refractivity contribution >= 4 is 16.5 Å². The van der Waals surface area contributed by atoms with Gasteiger partial charge in [0.2, 0.25) is 0 Å². The zero-order valence-electron chi connectivity index (χ0n) is 31.3. The summed E-state index contributed by atoms with van der Waals surface area (Å²) in [6, 6.07) is 26.2. The Kier molecular flexibility index (Phi) is 7.01. The van der Waals surface area contributed by atoms with Gasteiger partial charge < -0.3 is 4.90 Å². The first-order valence-electron chi connectivity index (χ1n) is 18.5. The maximum Gasteiger partial charge on any atom is 0.0560 e. The van der Waals surface area contributed by atoms with Crippen LogP contribution in [-0.4, -0.2) is 6.04 Å². The molecule has 250 valence electrons. The van der Waals surface area contributed by atoms with Gasteiger partial charge in [-0.25, -0.2) is 0 Å². The van der Waals surface area contributed by atoms with E-state index in [4.69, 9.17) is 0 Å². The molecule has 1 nitrogen and oxygen atoms in total. The minimum Gasteiger partial charge on any atom is -0.334 e. The van der Waals surface area contributed by atoms with Crippen molar-refractivity contribution in [2.24, 2.45) is 16.7 Å². The third kappa shape index (κ3) is 4.86. The van der Waals surface area contributed by atoms with Crippen molar-refractivity contribution in [3.05, 3.63) is 137 Å². The molecule has 0 saturated carbocycles. The summed E-state index contributed by atoms with van der Waals surface area (Å²) < 4.78 is 0. The molecule has 0 fully saturated rings. The summed E-state index contributed by atoms with van der Waals surface area (Å²) in [6.07, 6.45) is 16.8. The second-order valence-electron chi connectivity index (χ2n) is 18.2. The van der Waals surface area contributed by atoms with Crippen LogP contribution >= 0.6 is 0 Å². The van der Waals surface area contributed by atoms with Gasteiger partial charge in [0.25, 0.3) is 0 Å². The fraction of sp³-hybridized carbons (Fsp3) is 0.375. The van der Waals surface area contributed by atoms with E-state index in [9.17, 15) is 0 Å². The molecule has 2 unspecified atom stereocenters. The molecule has 4 aromatic rings. The summed E-state index contributed by atoms with van der Waals surface area (Å²) in [7, 11) is 0. The lowest BCUT2D eigenvalue weighted by Gasteiger charge is -2.39. The molecular formula is C48H53N. The van der Waals surface area contributed by atoms with Crippen LogP contribution in [0.5, 0.6) is 0 Å². The first-order valence-corrected chi connectivity index (χ1v) is 18.5. The van der Waals surface area contributed by atoms with Crippen molar-refractivity contribution < 1.29 is 0 Å². The van der Waals surface area contributed by atoms with Crippen LogP contribution in [0.2, 0.25) is 0 Å². The molecule has 0 spiro atoms. The molecule has 4 aliphatic rings. The summed E-state index contributed by atoms with van der Waals surface area (Å²) in [5.41, 5.74) is 15.7. The zero-order chi connectivity index (χ0) is 34.7. The first kappa shape index (κ1) is 32.1. The molecule has 8 rings (SSSR count). The zero-order valence-corrected chi connectivity index (χ0v) is 31.3. The first-order chi connectivity index (χ1) is 23.1. The normalized spacial score (nSPS) is 21.5. The third-order valence-corrected chi connectivity index (χ3v) is 12.4. The van der Waals surface area contributed by atoms with E-state index in [1.54, 1.807) is 0 Å². The number of nitrogens with zero attached hydrogens (tertiary/aromatic N) is 1. The lowest BCUT2D eigenvalue weighted by Crippen LogP contribution is -2.35. The summed E-state index contributed by atoms with van der Waals surface area (Å²) >= 11 is 0. The average molecular weight is 644 g/mol. The molecule has 0 bridgehead atoms. The highest BCUT2D eigenvalue weighted by molar-refractivity contribution is 6.09. The second kappa shape index (κ2) is 10.7. The molecule has 49 heavy (non-hydrogen) atoms. The Morgan fingerprint density at radius 2 is 1.27 bits per heavy atom. The highest BCUT2D eigenvalue weighted by atomic mass is 15.2. The molecule has 0 amide bonds. The Labute approximate surface area is 295 Å². The quantitative estimate of drug-likeness (QED) is 0.215. The van der Waals surface area contributed by atoms with E-state index in [-0.39, 0.29) is 27.7 Å². The van der Waals surface area contributed by atoms with E-state index >= 15 is 0 Å². The predicted molar refractivity (Wildman–Crippen MR) is 211 cm³/mol. The maximum atomic E-state index is 2.67. The standard InChI is InChI=1S/C48H53N/c1-45(2,3)30-19-23-32(24-20-30)49(33-25-21-31(22-26-33)46(4,5)6)43-29-42-44(36-17-12-11-16-35(36)43)38-28-40-37(27-41(38)48(42,9)10)34-15-13-14-18-39(34)47(40,7)8/h11-21,23,25-29,31-32H,22,24H2,1-10H3. The van der Waals surface area contributed by atoms with Gasteiger partial charge >= 0.3 is 0 Å². The molecule has 0 heterocycles. The number of rotatable bonds is 3. The van der Waals surface area contributed by atoms with Crippen molar-refractivity contribution in [3.63, 3.8) is 0 Å². The minimum absolute atomic E-state index is 0.0299. The molecule has 0 aromatic heterocycles. The van der Waals surface area contributed by atoms with Gasteiger partial charge in [0.05, 0.1) is 6.04 Å². The van der Waals surface area contributed by atoms with Crippen LogP contribution in [0.3, 0.4) is 0 Å². The van der Waals surface area contributed by atoms with E-state index < -0.39 is 0 Å². The molecule has 0 radical (unpaired) electrons.